The van der Waals surface area contributed by atoms with E-state index < -0.39 is 5.63 Å². The van der Waals surface area contributed by atoms with E-state index in [2.05, 4.69) is 6.92 Å². The molecule has 1 amide bonds. The van der Waals surface area contributed by atoms with Gasteiger partial charge in [0.15, 0.2) is 0 Å². The van der Waals surface area contributed by atoms with Crippen LogP contribution >= 0.6 is 0 Å². The smallest absolute Gasteiger partial charge is 0.345 e. The SMILES string of the molecule is CCc1ccccc1N(C)C(=O)c1cc2c(=O)oc3ccccc3c2n1C. The highest BCUT2D eigenvalue weighted by molar-refractivity contribution is 6.11. The Kier molecular flexibility index (Phi) is 4.07. The zero-order valence-corrected chi connectivity index (χ0v) is 15.5. The highest BCUT2D eigenvalue weighted by Crippen LogP contribution is 2.27. The van der Waals surface area contributed by atoms with Crippen LogP contribution in [-0.4, -0.2) is 17.5 Å². The van der Waals surface area contributed by atoms with Gasteiger partial charge in [0.1, 0.15) is 11.3 Å². The maximum absolute atomic E-state index is 13.2. The molecule has 0 aliphatic heterocycles. The minimum atomic E-state index is -0.435. The van der Waals surface area contributed by atoms with Gasteiger partial charge in [-0.25, -0.2) is 4.79 Å². The van der Waals surface area contributed by atoms with Crippen LogP contribution in [0.3, 0.4) is 0 Å². The van der Waals surface area contributed by atoms with Gasteiger partial charge in [-0.15, -0.1) is 0 Å². The van der Waals surface area contributed by atoms with Crippen LogP contribution < -0.4 is 10.5 Å². The van der Waals surface area contributed by atoms with Crippen LogP contribution in [0.15, 0.2) is 63.8 Å². The van der Waals surface area contributed by atoms with Gasteiger partial charge in [0.25, 0.3) is 5.91 Å². The van der Waals surface area contributed by atoms with Gasteiger partial charge in [-0.1, -0.05) is 37.3 Å². The quantitative estimate of drug-likeness (QED) is 0.516. The van der Waals surface area contributed by atoms with Crippen molar-refractivity contribution in [3.05, 3.63) is 76.3 Å². The van der Waals surface area contributed by atoms with Gasteiger partial charge < -0.3 is 13.9 Å². The van der Waals surface area contributed by atoms with Crippen LogP contribution in [-0.2, 0) is 13.5 Å². The summed E-state index contributed by atoms with van der Waals surface area (Å²) in [6, 6.07) is 16.8. The third-order valence-corrected chi connectivity index (χ3v) is 5.06. The van der Waals surface area contributed by atoms with Crippen LogP contribution in [0.2, 0.25) is 0 Å². The monoisotopic (exact) mass is 360 g/mol. The summed E-state index contributed by atoms with van der Waals surface area (Å²) in [7, 11) is 3.57. The fraction of sp³-hybridized carbons (Fsp3) is 0.182. The van der Waals surface area contributed by atoms with E-state index in [1.165, 1.54) is 0 Å². The summed E-state index contributed by atoms with van der Waals surface area (Å²) >= 11 is 0. The first kappa shape index (κ1) is 17.1. The Hall–Kier alpha value is -3.34. The Balaban J connectivity index is 1.90. The summed E-state index contributed by atoms with van der Waals surface area (Å²) in [4.78, 5) is 27.3. The first-order valence-electron chi connectivity index (χ1n) is 8.90. The van der Waals surface area contributed by atoms with Crippen molar-refractivity contribution in [2.75, 3.05) is 11.9 Å². The first-order chi connectivity index (χ1) is 13.0. The van der Waals surface area contributed by atoms with Crippen molar-refractivity contribution in [2.24, 2.45) is 7.05 Å². The number of aromatic nitrogens is 1. The number of hydrogen-bond donors (Lipinski definition) is 0. The van der Waals surface area contributed by atoms with Crippen LogP contribution in [0.4, 0.5) is 5.69 Å². The third kappa shape index (κ3) is 2.63. The molecule has 0 aliphatic rings. The molecule has 0 fully saturated rings. The summed E-state index contributed by atoms with van der Waals surface area (Å²) in [6.07, 6.45) is 0.830. The van der Waals surface area contributed by atoms with Gasteiger partial charge in [0.2, 0.25) is 0 Å². The lowest BCUT2D eigenvalue weighted by Crippen LogP contribution is -2.28. The summed E-state index contributed by atoms with van der Waals surface area (Å²) in [5.41, 5.74) is 3.20. The Morgan fingerprint density at radius 3 is 2.56 bits per heavy atom. The number of carbonyl (C=O) groups is 1. The molecular formula is C22H20N2O3. The molecule has 0 aliphatic carbocycles. The van der Waals surface area contributed by atoms with E-state index in [0.717, 1.165) is 23.1 Å². The molecule has 4 aromatic rings. The maximum Gasteiger partial charge on any atom is 0.345 e. The average molecular weight is 360 g/mol. The molecule has 0 radical (unpaired) electrons. The van der Waals surface area contributed by atoms with E-state index >= 15 is 0 Å². The molecule has 4 rings (SSSR count). The van der Waals surface area contributed by atoms with E-state index in [-0.39, 0.29) is 5.91 Å². The van der Waals surface area contributed by atoms with E-state index in [4.69, 9.17) is 4.42 Å². The zero-order chi connectivity index (χ0) is 19.1. The fourth-order valence-corrected chi connectivity index (χ4v) is 3.61. The van der Waals surface area contributed by atoms with Crippen molar-refractivity contribution in [1.29, 1.82) is 0 Å². The molecular weight excluding hydrogens is 340 g/mol. The normalized spacial score (nSPS) is 11.2. The lowest BCUT2D eigenvalue weighted by atomic mass is 10.1. The van der Waals surface area contributed by atoms with Crippen LogP contribution in [0.25, 0.3) is 21.9 Å². The van der Waals surface area contributed by atoms with Gasteiger partial charge in [0, 0.05) is 25.2 Å². The van der Waals surface area contributed by atoms with E-state index in [9.17, 15) is 9.59 Å². The molecule has 5 heteroatoms. The molecule has 27 heavy (non-hydrogen) atoms. The predicted octanol–water partition coefficient (Wildman–Crippen LogP) is 4.12. The van der Waals surface area contributed by atoms with Crippen LogP contribution in [0.5, 0.6) is 0 Å². The van der Waals surface area contributed by atoms with Gasteiger partial charge in [-0.3, -0.25) is 4.79 Å². The number of anilines is 1. The minimum absolute atomic E-state index is 0.168. The lowest BCUT2D eigenvalue weighted by molar-refractivity contribution is 0.0985. The van der Waals surface area contributed by atoms with E-state index in [1.807, 2.05) is 42.5 Å². The first-order valence-corrected chi connectivity index (χ1v) is 8.90. The van der Waals surface area contributed by atoms with E-state index in [1.54, 1.807) is 35.7 Å². The fourth-order valence-electron chi connectivity index (χ4n) is 3.61. The number of hydrogen-bond acceptors (Lipinski definition) is 3. The van der Waals surface area contributed by atoms with Crippen LogP contribution in [0.1, 0.15) is 23.0 Å². The van der Waals surface area contributed by atoms with Gasteiger partial charge in [-0.2, -0.15) is 0 Å². The number of carbonyl (C=O) groups excluding carboxylic acids is 1. The standard InChI is InChI=1S/C22H20N2O3/c1-4-14-9-5-7-11-17(14)24(3)21(25)18-13-16-20(23(18)2)15-10-6-8-12-19(15)27-22(16)26/h5-13H,4H2,1-3H3. The maximum atomic E-state index is 13.2. The number of benzene rings is 2. The second-order valence-electron chi connectivity index (χ2n) is 6.58. The number of para-hydroxylation sites is 2. The molecule has 0 N–H and O–H groups in total. The van der Waals surface area contributed by atoms with Crippen molar-refractivity contribution in [3.8, 4) is 0 Å². The number of fused-ring (bicyclic) bond motifs is 3. The molecule has 2 heterocycles. The van der Waals surface area contributed by atoms with Gasteiger partial charge in [0.05, 0.1) is 10.9 Å². The molecule has 5 nitrogen and oxygen atoms in total. The largest absolute Gasteiger partial charge is 0.422 e. The lowest BCUT2D eigenvalue weighted by Gasteiger charge is -2.20. The second-order valence-corrected chi connectivity index (χ2v) is 6.58. The van der Waals surface area contributed by atoms with Crippen molar-refractivity contribution < 1.29 is 9.21 Å². The predicted molar refractivity (Wildman–Crippen MR) is 108 cm³/mol. The highest BCUT2D eigenvalue weighted by Gasteiger charge is 2.22. The van der Waals surface area contributed by atoms with Crippen LogP contribution in [0, 0.1) is 0 Å². The second kappa shape index (κ2) is 6.43. The topological polar surface area (TPSA) is 55.5 Å². The molecule has 2 aromatic carbocycles. The minimum Gasteiger partial charge on any atom is -0.422 e. The van der Waals surface area contributed by atoms with Crippen molar-refractivity contribution in [3.63, 3.8) is 0 Å². The Bertz CT molecular complexity index is 1230. The molecule has 136 valence electrons. The van der Waals surface area contributed by atoms with Crippen molar-refractivity contribution >= 4 is 33.5 Å². The zero-order valence-electron chi connectivity index (χ0n) is 15.5. The highest BCUT2D eigenvalue weighted by atomic mass is 16.4. The average Bonchev–Trinajstić information content (AvgIpc) is 3.05. The molecule has 0 spiro atoms. The number of amides is 1. The van der Waals surface area contributed by atoms with Crippen molar-refractivity contribution in [1.82, 2.24) is 4.57 Å². The Labute approximate surface area is 156 Å². The Morgan fingerprint density at radius 1 is 1.07 bits per heavy atom. The number of nitrogens with zero attached hydrogens (tertiary/aromatic N) is 2. The molecule has 2 aromatic heterocycles. The summed E-state index contributed by atoms with van der Waals surface area (Å²) in [5.74, 6) is -0.168. The molecule has 0 unspecified atom stereocenters. The molecule has 0 saturated carbocycles. The van der Waals surface area contributed by atoms with Gasteiger partial charge >= 0.3 is 5.63 Å². The molecule has 0 bridgehead atoms. The number of aryl methyl sites for hydroxylation is 2. The molecule has 0 saturated heterocycles. The summed E-state index contributed by atoms with van der Waals surface area (Å²) < 4.78 is 7.19. The van der Waals surface area contributed by atoms with Crippen molar-refractivity contribution in [2.45, 2.75) is 13.3 Å². The number of rotatable bonds is 3. The Morgan fingerprint density at radius 2 is 1.78 bits per heavy atom. The van der Waals surface area contributed by atoms with Gasteiger partial charge in [-0.05, 0) is 36.2 Å². The third-order valence-electron chi connectivity index (χ3n) is 5.06. The summed E-state index contributed by atoms with van der Waals surface area (Å²) in [5, 5.41) is 1.22. The van der Waals surface area contributed by atoms with E-state index in [0.29, 0.717) is 22.2 Å². The molecule has 0 atom stereocenters. The summed E-state index contributed by atoms with van der Waals surface area (Å²) in [6.45, 7) is 2.06.